The summed E-state index contributed by atoms with van der Waals surface area (Å²) in [6.07, 6.45) is 2.61. The number of methoxy groups -OCH3 is 1. The number of carbonyl (C=O) groups is 2. The summed E-state index contributed by atoms with van der Waals surface area (Å²) in [6.45, 7) is 2.92. The number of amides is 2. The second-order valence-electron chi connectivity index (χ2n) is 8.21. The van der Waals surface area contributed by atoms with Gasteiger partial charge in [0.05, 0.1) is 24.0 Å². The van der Waals surface area contributed by atoms with Gasteiger partial charge in [0.1, 0.15) is 5.75 Å². The molecule has 1 aliphatic heterocycles. The van der Waals surface area contributed by atoms with Crippen LogP contribution in [0.25, 0.3) is 0 Å². The summed E-state index contributed by atoms with van der Waals surface area (Å²) in [5.41, 5.74) is 1.66. The van der Waals surface area contributed by atoms with Gasteiger partial charge < -0.3 is 15.0 Å². The average Bonchev–Trinajstić information content (AvgIpc) is 2.81. The number of hydrogen-bond donors (Lipinski definition) is 2. The number of carbonyl (C=O) groups excluding carboxylic acids is 2. The lowest BCUT2D eigenvalue weighted by molar-refractivity contribution is -0.143. The number of nitrogens with two attached hydrogens (primary N) is 1. The van der Waals surface area contributed by atoms with E-state index in [2.05, 4.69) is 12.2 Å². The zero-order chi connectivity index (χ0) is 24.0. The molecular weight excluding hydrogens is 442 g/mol. The first-order valence-corrected chi connectivity index (χ1v) is 12.6. The van der Waals surface area contributed by atoms with Crippen LogP contribution in [0.3, 0.4) is 0 Å². The summed E-state index contributed by atoms with van der Waals surface area (Å²) in [6, 6.07) is 13.2. The topological polar surface area (TPSA) is 119 Å². The van der Waals surface area contributed by atoms with Gasteiger partial charge in [-0.2, -0.15) is 0 Å². The molecule has 33 heavy (non-hydrogen) atoms. The maximum absolute atomic E-state index is 13.2. The lowest BCUT2D eigenvalue weighted by atomic mass is 9.83. The van der Waals surface area contributed by atoms with Crippen molar-refractivity contribution in [2.75, 3.05) is 13.7 Å². The minimum atomic E-state index is -3.76. The zero-order valence-electron chi connectivity index (χ0n) is 19.0. The highest BCUT2D eigenvalue weighted by Crippen LogP contribution is 2.37. The second kappa shape index (κ2) is 10.8. The van der Waals surface area contributed by atoms with E-state index in [9.17, 15) is 18.0 Å². The quantitative estimate of drug-likeness (QED) is 0.580. The van der Waals surface area contributed by atoms with Crippen molar-refractivity contribution in [1.82, 2.24) is 10.2 Å². The summed E-state index contributed by atoms with van der Waals surface area (Å²) in [4.78, 5) is 27.9. The molecule has 0 spiro atoms. The van der Waals surface area contributed by atoms with Gasteiger partial charge in [0.15, 0.2) is 0 Å². The van der Waals surface area contributed by atoms with Gasteiger partial charge in [-0.05, 0) is 48.2 Å². The Labute approximate surface area is 195 Å². The van der Waals surface area contributed by atoms with Crippen LogP contribution in [0.4, 0.5) is 0 Å². The molecule has 2 atom stereocenters. The van der Waals surface area contributed by atoms with Crippen LogP contribution < -0.4 is 15.2 Å². The molecule has 178 valence electrons. The van der Waals surface area contributed by atoms with Crippen LogP contribution in [0.5, 0.6) is 5.75 Å². The van der Waals surface area contributed by atoms with Gasteiger partial charge in [-0.25, -0.2) is 13.6 Å². The normalized spacial score (nSPS) is 18.8. The van der Waals surface area contributed by atoms with Crippen LogP contribution in [-0.2, 0) is 26.2 Å². The fourth-order valence-corrected chi connectivity index (χ4v) is 4.67. The molecule has 2 aromatic carbocycles. The fraction of sp³-hybridized carbons (Fsp3) is 0.417. The van der Waals surface area contributed by atoms with E-state index < -0.39 is 15.9 Å². The molecule has 1 saturated heterocycles. The second-order valence-corrected chi connectivity index (χ2v) is 9.77. The van der Waals surface area contributed by atoms with Crippen LogP contribution in [0, 0.1) is 5.92 Å². The number of sulfonamides is 1. The number of rotatable bonds is 9. The molecule has 9 heteroatoms. The molecule has 1 aliphatic rings. The number of likely N-dealkylation sites (tertiary alicyclic amines) is 1. The average molecular weight is 474 g/mol. The number of unbranched alkanes of at least 4 members (excludes halogenated alkanes) is 1. The Bertz CT molecular complexity index is 1070. The van der Waals surface area contributed by atoms with Gasteiger partial charge in [-0.15, -0.1) is 0 Å². The van der Waals surface area contributed by atoms with Crippen molar-refractivity contribution >= 4 is 21.8 Å². The third-order valence-electron chi connectivity index (χ3n) is 5.97. The Kier molecular flexibility index (Phi) is 8.10. The van der Waals surface area contributed by atoms with Crippen molar-refractivity contribution in [3.05, 3.63) is 59.7 Å². The summed E-state index contributed by atoms with van der Waals surface area (Å²) < 4.78 is 28.1. The van der Waals surface area contributed by atoms with Crippen LogP contribution in [0.2, 0.25) is 0 Å². The highest BCUT2D eigenvalue weighted by molar-refractivity contribution is 7.89. The molecule has 1 heterocycles. The highest BCUT2D eigenvalue weighted by atomic mass is 32.2. The number of hydrogen-bond acceptors (Lipinski definition) is 5. The van der Waals surface area contributed by atoms with Gasteiger partial charge in [0.25, 0.3) is 0 Å². The van der Waals surface area contributed by atoms with E-state index in [1.54, 1.807) is 19.2 Å². The first-order chi connectivity index (χ1) is 15.7. The maximum atomic E-state index is 13.2. The predicted octanol–water partition coefficient (Wildman–Crippen LogP) is 2.74. The van der Waals surface area contributed by atoms with Gasteiger partial charge in [0, 0.05) is 19.5 Å². The molecule has 0 aromatic heterocycles. The van der Waals surface area contributed by atoms with E-state index >= 15 is 0 Å². The van der Waals surface area contributed by atoms with E-state index in [4.69, 9.17) is 9.88 Å². The largest absolute Gasteiger partial charge is 0.497 e. The van der Waals surface area contributed by atoms with E-state index in [-0.39, 0.29) is 29.3 Å². The number of nitrogens with zero attached hydrogens (tertiary/aromatic N) is 1. The third-order valence-corrected chi connectivity index (χ3v) is 6.90. The fourth-order valence-electron chi connectivity index (χ4n) is 4.15. The van der Waals surface area contributed by atoms with Crippen molar-refractivity contribution in [3.8, 4) is 5.75 Å². The summed E-state index contributed by atoms with van der Waals surface area (Å²) in [7, 11) is -2.17. The van der Waals surface area contributed by atoms with Crippen molar-refractivity contribution in [2.24, 2.45) is 11.1 Å². The Morgan fingerprint density at radius 1 is 1.15 bits per heavy atom. The van der Waals surface area contributed by atoms with Crippen molar-refractivity contribution < 1.29 is 22.7 Å². The standard InChI is InChI=1S/C24H31N3O5S/c1-3-4-15-27-22(28)14-13-21(23(27)18-7-9-19(32-2)10-8-18)24(29)26-16-17-5-11-20(12-6-17)33(25,30)31/h5-12,21,23H,3-4,13-16H2,1-2H3,(H,26,29)(H2,25,30,31)/t21-,23-/m0/s1. The van der Waals surface area contributed by atoms with Gasteiger partial charge in [0.2, 0.25) is 21.8 Å². The Hall–Kier alpha value is -2.91. The van der Waals surface area contributed by atoms with E-state index in [1.165, 1.54) is 12.1 Å². The van der Waals surface area contributed by atoms with E-state index in [0.29, 0.717) is 25.1 Å². The molecular formula is C24H31N3O5S. The van der Waals surface area contributed by atoms with E-state index in [0.717, 1.165) is 24.0 Å². The number of piperidine rings is 1. The van der Waals surface area contributed by atoms with Crippen LogP contribution in [0.1, 0.15) is 49.8 Å². The zero-order valence-corrected chi connectivity index (χ0v) is 19.8. The smallest absolute Gasteiger partial charge is 0.238 e. The number of nitrogens with one attached hydrogen (secondary N) is 1. The summed E-state index contributed by atoms with van der Waals surface area (Å²) in [5.74, 6) is 0.244. The Morgan fingerprint density at radius 2 is 1.82 bits per heavy atom. The van der Waals surface area contributed by atoms with Crippen LogP contribution in [-0.4, -0.2) is 38.8 Å². The first kappa shape index (κ1) is 24.7. The monoisotopic (exact) mass is 473 g/mol. The third kappa shape index (κ3) is 6.11. The molecule has 0 bridgehead atoms. The van der Waals surface area contributed by atoms with Crippen LogP contribution >= 0.6 is 0 Å². The Morgan fingerprint density at radius 3 is 2.39 bits per heavy atom. The van der Waals surface area contributed by atoms with Crippen LogP contribution in [0.15, 0.2) is 53.4 Å². The minimum absolute atomic E-state index is 0.0227. The number of benzene rings is 2. The molecule has 1 fully saturated rings. The molecule has 2 amide bonds. The SMILES string of the molecule is CCCCN1C(=O)CC[C@H](C(=O)NCc2ccc(S(N)(=O)=O)cc2)[C@@H]1c1ccc(OC)cc1. The predicted molar refractivity (Wildman–Crippen MR) is 125 cm³/mol. The number of primary sulfonamides is 1. The van der Waals surface area contributed by atoms with Gasteiger partial charge in [-0.1, -0.05) is 37.6 Å². The minimum Gasteiger partial charge on any atom is -0.497 e. The van der Waals surface area contributed by atoms with Gasteiger partial charge >= 0.3 is 0 Å². The molecule has 0 unspecified atom stereocenters. The van der Waals surface area contributed by atoms with Crippen molar-refractivity contribution in [1.29, 1.82) is 0 Å². The van der Waals surface area contributed by atoms with Gasteiger partial charge in [-0.3, -0.25) is 9.59 Å². The highest BCUT2D eigenvalue weighted by Gasteiger charge is 2.40. The molecule has 8 nitrogen and oxygen atoms in total. The lowest BCUT2D eigenvalue weighted by Gasteiger charge is -2.41. The maximum Gasteiger partial charge on any atom is 0.238 e. The molecule has 3 rings (SSSR count). The molecule has 2 aromatic rings. The molecule has 0 saturated carbocycles. The van der Waals surface area contributed by atoms with Crippen molar-refractivity contribution in [3.63, 3.8) is 0 Å². The summed E-state index contributed by atoms with van der Waals surface area (Å²) >= 11 is 0. The molecule has 0 aliphatic carbocycles. The lowest BCUT2D eigenvalue weighted by Crippen LogP contribution is -2.48. The first-order valence-electron chi connectivity index (χ1n) is 11.1. The van der Waals surface area contributed by atoms with Crippen molar-refractivity contribution in [2.45, 2.75) is 50.1 Å². The Balaban J connectivity index is 1.79. The molecule has 3 N–H and O–H groups in total. The molecule has 0 radical (unpaired) electrons. The summed E-state index contributed by atoms with van der Waals surface area (Å²) in [5, 5.41) is 8.09. The van der Waals surface area contributed by atoms with E-state index in [1.807, 2.05) is 29.2 Å². The number of ether oxygens (including phenoxy) is 1.